The summed E-state index contributed by atoms with van der Waals surface area (Å²) in [6.07, 6.45) is 1.41. The number of hydrogen-bond acceptors (Lipinski definition) is 1. The predicted octanol–water partition coefficient (Wildman–Crippen LogP) is 2.49. The van der Waals surface area contributed by atoms with Crippen LogP contribution in [0.3, 0.4) is 0 Å². The van der Waals surface area contributed by atoms with Crippen LogP contribution in [-0.4, -0.2) is 21.8 Å². The molecule has 0 nitrogen and oxygen atoms in total. The van der Waals surface area contributed by atoms with Gasteiger partial charge in [-0.25, -0.2) is 10.9 Å². The summed E-state index contributed by atoms with van der Waals surface area (Å²) < 4.78 is 1.06. The van der Waals surface area contributed by atoms with E-state index < -0.39 is 0 Å². The van der Waals surface area contributed by atoms with Gasteiger partial charge in [-0.05, 0) is 17.9 Å². The summed E-state index contributed by atoms with van der Waals surface area (Å²) in [5.41, 5.74) is 0. The van der Waals surface area contributed by atoms with Crippen LogP contribution < -0.4 is 0 Å². The summed E-state index contributed by atoms with van der Waals surface area (Å²) in [5, 5.41) is 0. The van der Waals surface area contributed by atoms with Crippen molar-refractivity contribution in [2.24, 2.45) is 0 Å². The van der Waals surface area contributed by atoms with Crippen molar-refractivity contribution < 1.29 is 0 Å². The molecule has 1 saturated heterocycles. The first-order chi connectivity index (χ1) is 4.38. The maximum Gasteiger partial charge on any atom is 0.0322 e. The Labute approximate surface area is 65.1 Å². The lowest BCUT2D eigenvalue weighted by Gasteiger charge is -2.18. The minimum Gasteiger partial charge on any atom is -0.241 e. The number of hydrogen-bond donors (Lipinski definition) is 1. The molecule has 2 atom stereocenters. The highest BCUT2D eigenvalue weighted by Crippen LogP contribution is 2.46. The lowest BCUT2D eigenvalue weighted by atomic mass is 10.6. The summed E-state index contributed by atoms with van der Waals surface area (Å²) >= 11 is 2.20. The number of thiol groups is 1. The van der Waals surface area contributed by atoms with Crippen LogP contribution in [0.15, 0.2) is 0 Å². The molecular formula is C7H16S2. The zero-order chi connectivity index (χ0) is 6.69. The van der Waals surface area contributed by atoms with Gasteiger partial charge in [0.2, 0.25) is 0 Å². The van der Waals surface area contributed by atoms with E-state index in [1.165, 1.54) is 23.7 Å². The number of rotatable bonds is 2. The molecule has 0 radical (unpaired) electrons. The Bertz CT molecular complexity index is 73.0. The molecule has 0 N–H and O–H groups in total. The fourth-order valence-electron chi connectivity index (χ4n) is 1.29. The van der Waals surface area contributed by atoms with E-state index in [-0.39, 0.29) is 0 Å². The average Bonchev–Trinajstić information content (AvgIpc) is 2.33. The molecule has 1 heterocycles. The van der Waals surface area contributed by atoms with Gasteiger partial charge in [-0.2, -0.15) is 0 Å². The molecule has 0 amide bonds. The van der Waals surface area contributed by atoms with Gasteiger partial charge in [-0.15, -0.1) is 11.8 Å². The first-order valence-electron chi connectivity index (χ1n) is 3.74. The minimum atomic E-state index is 0.457. The van der Waals surface area contributed by atoms with Crippen LogP contribution in [0.4, 0.5) is 0 Å². The van der Waals surface area contributed by atoms with E-state index in [4.69, 9.17) is 0 Å². The Morgan fingerprint density at radius 2 is 2.33 bits per heavy atom. The quantitative estimate of drug-likeness (QED) is 0.612. The van der Waals surface area contributed by atoms with Crippen molar-refractivity contribution in [3.8, 4) is 0 Å². The SMILES string of the molecule is CCC1SCC[SH]1CC. The van der Waals surface area contributed by atoms with Crippen molar-refractivity contribution in [2.45, 2.75) is 24.9 Å². The normalized spacial score (nSPS) is 39.3. The van der Waals surface area contributed by atoms with Gasteiger partial charge in [0.1, 0.15) is 0 Å². The molecule has 56 valence electrons. The van der Waals surface area contributed by atoms with E-state index >= 15 is 0 Å². The maximum absolute atomic E-state index is 2.35. The largest absolute Gasteiger partial charge is 0.241 e. The molecule has 1 aliphatic rings. The van der Waals surface area contributed by atoms with Crippen molar-refractivity contribution in [2.75, 3.05) is 17.3 Å². The standard InChI is InChI=1S/C7H16S2/c1-3-7-8-5-6-9(7)4-2/h7,9H,3-6H2,1-2H3. The molecule has 0 bridgehead atoms. The molecule has 1 fully saturated rings. The Morgan fingerprint density at radius 3 is 2.78 bits per heavy atom. The topological polar surface area (TPSA) is 0 Å². The van der Waals surface area contributed by atoms with Gasteiger partial charge >= 0.3 is 0 Å². The molecular weight excluding hydrogens is 148 g/mol. The summed E-state index contributed by atoms with van der Waals surface area (Å²) in [6.45, 7) is 4.67. The van der Waals surface area contributed by atoms with Crippen molar-refractivity contribution in [3.05, 3.63) is 0 Å². The second-order valence-electron chi connectivity index (χ2n) is 2.36. The number of thioether (sulfide) groups is 1. The molecule has 0 aromatic carbocycles. The highest BCUT2D eigenvalue weighted by atomic mass is 32.2. The van der Waals surface area contributed by atoms with Gasteiger partial charge in [0.05, 0.1) is 0 Å². The summed E-state index contributed by atoms with van der Waals surface area (Å²) in [4.78, 5) is 0. The van der Waals surface area contributed by atoms with Crippen LogP contribution in [0, 0.1) is 0 Å². The highest BCUT2D eigenvalue weighted by molar-refractivity contribution is 8.30. The second kappa shape index (κ2) is 3.77. The first kappa shape index (κ1) is 7.80. The van der Waals surface area contributed by atoms with Crippen LogP contribution >= 0.6 is 22.7 Å². The third-order valence-corrected chi connectivity index (χ3v) is 7.44. The third-order valence-electron chi connectivity index (χ3n) is 1.85. The molecule has 0 aromatic rings. The van der Waals surface area contributed by atoms with Gasteiger partial charge in [0, 0.05) is 10.3 Å². The molecule has 0 aromatic heterocycles. The summed E-state index contributed by atoms with van der Waals surface area (Å²) in [6, 6.07) is 0. The predicted molar refractivity (Wildman–Crippen MR) is 50.9 cm³/mol. The molecule has 0 aliphatic carbocycles. The molecule has 1 aliphatic heterocycles. The van der Waals surface area contributed by atoms with Crippen LogP contribution in [0.5, 0.6) is 0 Å². The smallest absolute Gasteiger partial charge is 0.0322 e. The van der Waals surface area contributed by atoms with Crippen LogP contribution in [0.1, 0.15) is 20.3 Å². The maximum atomic E-state index is 2.35. The molecule has 2 unspecified atom stereocenters. The zero-order valence-corrected chi connectivity index (χ0v) is 7.97. The molecule has 0 saturated carbocycles. The van der Waals surface area contributed by atoms with Gasteiger partial charge in [-0.1, -0.05) is 13.8 Å². The average molecular weight is 164 g/mol. The molecule has 2 heteroatoms. The fraction of sp³-hybridized carbons (Fsp3) is 1.00. The van der Waals surface area contributed by atoms with Crippen LogP contribution in [0.2, 0.25) is 0 Å². The van der Waals surface area contributed by atoms with E-state index in [2.05, 4.69) is 25.6 Å². The Balaban J connectivity index is 2.32. The summed E-state index contributed by atoms with van der Waals surface area (Å²) in [5.74, 6) is 4.44. The van der Waals surface area contributed by atoms with E-state index in [0.717, 1.165) is 4.58 Å². The lowest BCUT2D eigenvalue weighted by molar-refractivity contribution is 1.06. The molecule has 9 heavy (non-hydrogen) atoms. The van der Waals surface area contributed by atoms with E-state index in [0.29, 0.717) is 10.9 Å². The van der Waals surface area contributed by atoms with Gasteiger partial charge in [0.25, 0.3) is 0 Å². The monoisotopic (exact) mass is 164 g/mol. The van der Waals surface area contributed by atoms with Crippen molar-refractivity contribution in [1.82, 2.24) is 0 Å². The fourth-order valence-corrected chi connectivity index (χ4v) is 6.61. The Hall–Kier alpha value is 0.700. The first-order valence-corrected chi connectivity index (χ1v) is 6.57. The molecule has 1 rings (SSSR count). The molecule has 0 spiro atoms. The van der Waals surface area contributed by atoms with E-state index in [9.17, 15) is 0 Å². The van der Waals surface area contributed by atoms with Gasteiger partial charge < -0.3 is 0 Å². The van der Waals surface area contributed by atoms with E-state index in [1.54, 1.807) is 0 Å². The van der Waals surface area contributed by atoms with Gasteiger partial charge in [0.15, 0.2) is 0 Å². The van der Waals surface area contributed by atoms with Crippen molar-refractivity contribution >= 4 is 22.7 Å². The zero-order valence-electron chi connectivity index (χ0n) is 6.26. The van der Waals surface area contributed by atoms with Gasteiger partial charge in [-0.3, -0.25) is 0 Å². The highest BCUT2D eigenvalue weighted by Gasteiger charge is 2.20. The second-order valence-corrected chi connectivity index (χ2v) is 6.90. The summed E-state index contributed by atoms with van der Waals surface area (Å²) in [7, 11) is 0.457. The Morgan fingerprint density at radius 1 is 1.56 bits per heavy atom. The van der Waals surface area contributed by atoms with Crippen LogP contribution in [0.25, 0.3) is 0 Å². The Kier molecular flexibility index (Phi) is 3.27. The third kappa shape index (κ3) is 1.81. The van der Waals surface area contributed by atoms with Crippen LogP contribution in [-0.2, 0) is 0 Å². The van der Waals surface area contributed by atoms with Crippen molar-refractivity contribution in [1.29, 1.82) is 0 Å². The lowest BCUT2D eigenvalue weighted by Crippen LogP contribution is -1.97. The van der Waals surface area contributed by atoms with E-state index in [1.807, 2.05) is 0 Å². The van der Waals surface area contributed by atoms with Crippen molar-refractivity contribution in [3.63, 3.8) is 0 Å². The minimum absolute atomic E-state index is 0.457.